The predicted molar refractivity (Wildman–Crippen MR) is 96.3 cm³/mol. The van der Waals surface area contributed by atoms with Gasteiger partial charge in [0.15, 0.2) is 0 Å². The SMILES string of the molecule is CC(=NOCc1c(C)ccc2ccccc12)c1nc(C)ccc1O. The molecular weight excluding hydrogens is 300 g/mol. The molecule has 0 atom stereocenters. The van der Waals surface area contributed by atoms with Gasteiger partial charge in [-0.25, -0.2) is 4.98 Å². The third kappa shape index (κ3) is 3.23. The van der Waals surface area contributed by atoms with Crippen LogP contribution < -0.4 is 0 Å². The van der Waals surface area contributed by atoms with Crippen LogP contribution in [0.2, 0.25) is 0 Å². The Bertz CT molecular complexity index is 917. The first-order chi connectivity index (χ1) is 11.6. The highest BCUT2D eigenvalue weighted by Gasteiger charge is 2.09. The van der Waals surface area contributed by atoms with Crippen LogP contribution in [0, 0.1) is 13.8 Å². The summed E-state index contributed by atoms with van der Waals surface area (Å²) in [6.45, 7) is 6.08. The molecule has 0 aliphatic heterocycles. The third-order valence-electron chi connectivity index (χ3n) is 4.04. The number of aromatic nitrogens is 1. The second kappa shape index (κ2) is 6.71. The minimum atomic E-state index is 0.104. The van der Waals surface area contributed by atoms with E-state index in [2.05, 4.69) is 41.3 Å². The highest BCUT2D eigenvalue weighted by molar-refractivity contribution is 5.98. The average Bonchev–Trinajstić information content (AvgIpc) is 2.59. The quantitative estimate of drug-likeness (QED) is 0.569. The van der Waals surface area contributed by atoms with E-state index in [0.717, 1.165) is 16.8 Å². The number of hydrogen-bond acceptors (Lipinski definition) is 4. The van der Waals surface area contributed by atoms with Crippen LogP contribution >= 0.6 is 0 Å². The van der Waals surface area contributed by atoms with E-state index < -0.39 is 0 Å². The molecule has 0 fully saturated rings. The number of hydrogen-bond donors (Lipinski definition) is 1. The Morgan fingerprint density at radius 3 is 2.71 bits per heavy atom. The van der Waals surface area contributed by atoms with Crippen LogP contribution in [0.25, 0.3) is 10.8 Å². The number of fused-ring (bicyclic) bond motifs is 1. The first kappa shape index (κ1) is 16.0. The molecule has 3 aromatic rings. The molecule has 0 saturated carbocycles. The van der Waals surface area contributed by atoms with Crippen LogP contribution in [-0.2, 0) is 11.4 Å². The van der Waals surface area contributed by atoms with E-state index in [9.17, 15) is 5.11 Å². The second-order valence-electron chi connectivity index (χ2n) is 5.85. The zero-order valence-corrected chi connectivity index (χ0v) is 14.1. The van der Waals surface area contributed by atoms with Crippen molar-refractivity contribution in [1.29, 1.82) is 0 Å². The molecule has 0 radical (unpaired) electrons. The van der Waals surface area contributed by atoms with Crippen molar-refractivity contribution < 1.29 is 9.94 Å². The minimum Gasteiger partial charge on any atom is -0.506 e. The molecule has 0 unspecified atom stereocenters. The van der Waals surface area contributed by atoms with Gasteiger partial charge in [0.05, 0.1) is 0 Å². The molecule has 0 amide bonds. The van der Waals surface area contributed by atoms with Gasteiger partial charge in [0.2, 0.25) is 0 Å². The van der Waals surface area contributed by atoms with Gasteiger partial charge < -0.3 is 9.94 Å². The minimum absolute atomic E-state index is 0.104. The number of aromatic hydroxyl groups is 1. The van der Waals surface area contributed by atoms with Gasteiger partial charge in [0.25, 0.3) is 0 Å². The van der Waals surface area contributed by atoms with Crippen molar-refractivity contribution in [3.8, 4) is 5.75 Å². The van der Waals surface area contributed by atoms with Gasteiger partial charge in [0.1, 0.15) is 23.8 Å². The van der Waals surface area contributed by atoms with Crippen molar-refractivity contribution in [2.24, 2.45) is 5.16 Å². The summed E-state index contributed by atoms with van der Waals surface area (Å²) in [5, 5.41) is 16.4. The monoisotopic (exact) mass is 320 g/mol. The lowest BCUT2D eigenvalue weighted by molar-refractivity contribution is 0.131. The molecule has 3 rings (SSSR count). The summed E-state index contributed by atoms with van der Waals surface area (Å²) < 4.78 is 0. The van der Waals surface area contributed by atoms with Crippen molar-refractivity contribution in [3.63, 3.8) is 0 Å². The van der Waals surface area contributed by atoms with E-state index in [0.29, 0.717) is 18.0 Å². The molecule has 0 aliphatic carbocycles. The Morgan fingerprint density at radius 2 is 1.88 bits per heavy atom. The lowest BCUT2D eigenvalue weighted by Crippen LogP contribution is -2.02. The Labute approximate surface area is 141 Å². The third-order valence-corrected chi connectivity index (χ3v) is 4.04. The zero-order chi connectivity index (χ0) is 17.1. The smallest absolute Gasteiger partial charge is 0.143 e. The van der Waals surface area contributed by atoms with E-state index in [1.807, 2.05) is 19.1 Å². The number of nitrogens with zero attached hydrogens (tertiary/aromatic N) is 2. The summed E-state index contributed by atoms with van der Waals surface area (Å²) in [4.78, 5) is 9.86. The summed E-state index contributed by atoms with van der Waals surface area (Å²) in [6.07, 6.45) is 0. The highest BCUT2D eigenvalue weighted by atomic mass is 16.6. The summed E-state index contributed by atoms with van der Waals surface area (Å²) in [6, 6.07) is 15.8. The first-order valence-corrected chi connectivity index (χ1v) is 7.87. The van der Waals surface area contributed by atoms with Crippen LogP contribution in [0.3, 0.4) is 0 Å². The molecule has 0 aliphatic rings. The molecule has 122 valence electrons. The van der Waals surface area contributed by atoms with Crippen LogP contribution in [0.4, 0.5) is 0 Å². The van der Waals surface area contributed by atoms with Crippen molar-refractivity contribution in [1.82, 2.24) is 4.98 Å². The fourth-order valence-electron chi connectivity index (χ4n) is 2.69. The molecule has 1 heterocycles. The van der Waals surface area contributed by atoms with Gasteiger partial charge in [-0.2, -0.15) is 0 Å². The van der Waals surface area contributed by atoms with Crippen molar-refractivity contribution in [2.75, 3.05) is 0 Å². The molecule has 24 heavy (non-hydrogen) atoms. The molecule has 1 N–H and O–H groups in total. The molecule has 0 saturated heterocycles. The van der Waals surface area contributed by atoms with Crippen molar-refractivity contribution >= 4 is 16.5 Å². The summed E-state index contributed by atoms with van der Waals surface area (Å²) in [5.74, 6) is 0.104. The predicted octanol–water partition coefficient (Wildman–Crippen LogP) is 4.50. The summed E-state index contributed by atoms with van der Waals surface area (Å²) in [5.41, 5.74) is 4.10. The van der Waals surface area contributed by atoms with Gasteiger partial charge >= 0.3 is 0 Å². The number of oxime groups is 1. The fraction of sp³-hybridized carbons (Fsp3) is 0.200. The maximum Gasteiger partial charge on any atom is 0.143 e. The summed E-state index contributed by atoms with van der Waals surface area (Å²) >= 11 is 0. The fourth-order valence-corrected chi connectivity index (χ4v) is 2.69. The molecular formula is C20H20N2O2. The van der Waals surface area contributed by atoms with Gasteiger partial charge in [-0.15, -0.1) is 0 Å². The Morgan fingerprint density at radius 1 is 1.08 bits per heavy atom. The van der Waals surface area contributed by atoms with Gasteiger partial charge in [-0.3, -0.25) is 0 Å². The van der Waals surface area contributed by atoms with Gasteiger partial charge in [-0.1, -0.05) is 41.6 Å². The standard InChI is InChI=1S/C20H20N2O2/c1-13-8-10-16-6-4-5-7-17(16)18(13)12-24-22-15(3)20-19(23)11-9-14(2)21-20/h4-11,23H,12H2,1-3H3. The van der Waals surface area contributed by atoms with Crippen LogP contribution in [0.1, 0.15) is 29.4 Å². The van der Waals surface area contributed by atoms with E-state index in [1.54, 1.807) is 19.1 Å². The van der Waals surface area contributed by atoms with Gasteiger partial charge in [-0.05, 0) is 49.2 Å². The molecule has 0 bridgehead atoms. The zero-order valence-electron chi connectivity index (χ0n) is 14.1. The van der Waals surface area contributed by atoms with Crippen LogP contribution in [0.5, 0.6) is 5.75 Å². The van der Waals surface area contributed by atoms with E-state index in [4.69, 9.17) is 4.84 Å². The molecule has 4 nitrogen and oxygen atoms in total. The normalized spacial score (nSPS) is 11.7. The van der Waals surface area contributed by atoms with Gasteiger partial charge in [0, 0.05) is 11.3 Å². The summed E-state index contributed by atoms with van der Waals surface area (Å²) in [7, 11) is 0. The highest BCUT2D eigenvalue weighted by Crippen LogP contribution is 2.23. The number of rotatable bonds is 4. The van der Waals surface area contributed by atoms with Crippen LogP contribution in [-0.4, -0.2) is 15.8 Å². The Hall–Kier alpha value is -2.88. The lowest BCUT2D eigenvalue weighted by atomic mass is 10.0. The van der Waals surface area contributed by atoms with Crippen molar-refractivity contribution in [3.05, 3.63) is 71.0 Å². The second-order valence-corrected chi connectivity index (χ2v) is 5.85. The maximum absolute atomic E-state index is 9.91. The Balaban J connectivity index is 1.84. The molecule has 1 aromatic heterocycles. The molecule has 0 spiro atoms. The average molecular weight is 320 g/mol. The first-order valence-electron chi connectivity index (χ1n) is 7.87. The van der Waals surface area contributed by atoms with E-state index >= 15 is 0 Å². The Kier molecular flexibility index (Phi) is 4.47. The topological polar surface area (TPSA) is 54.7 Å². The van der Waals surface area contributed by atoms with E-state index in [-0.39, 0.29) is 5.75 Å². The number of aryl methyl sites for hydroxylation is 2. The largest absolute Gasteiger partial charge is 0.506 e. The number of pyridine rings is 1. The molecule has 4 heteroatoms. The van der Waals surface area contributed by atoms with Crippen molar-refractivity contribution in [2.45, 2.75) is 27.4 Å². The maximum atomic E-state index is 9.91. The number of benzene rings is 2. The van der Waals surface area contributed by atoms with Crippen LogP contribution in [0.15, 0.2) is 53.7 Å². The lowest BCUT2D eigenvalue weighted by Gasteiger charge is -2.10. The van der Waals surface area contributed by atoms with E-state index in [1.165, 1.54) is 10.8 Å². The molecule has 2 aromatic carbocycles.